The van der Waals surface area contributed by atoms with Crippen LogP contribution in [0.5, 0.6) is 5.75 Å². The number of benzene rings is 4. The molecule has 4 aromatic carbocycles. The van der Waals surface area contributed by atoms with Crippen LogP contribution in [-0.2, 0) is 32.6 Å². The van der Waals surface area contributed by atoms with Gasteiger partial charge in [-0.25, -0.2) is 8.42 Å². The van der Waals surface area contributed by atoms with Gasteiger partial charge >= 0.3 is 0 Å². The van der Waals surface area contributed by atoms with Gasteiger partial charge in [-0.15, -0.1) is 0 Å². The van der Waals surface area contributed by atoms with Gasteiger partial charge in [-0.05, 0) is 61.2 Å². The van der Waals surface area contributed by atoms with Gasteiger partial charge in [0.05, 0.1) is 17.7 Å². The van der Waals surface area contributed by atoms with Gasteiger partial charge in [0.2, 0.25) is 11.8 Å². The van der Waals surface area contributed by atoms with Crippen molar-refractivity contribution >= 4 is 27.5 Å². The van der Waals surface area contributed by atoms with Crippen LogP contribution in [0.4, 0.5) is 5.69 Å². The number of nitrogens with zero attached hydrogens (tertiary/aromatic N) is 2. The molecule has 0 unspecified atom stereocenters. The first-order valence-electron chi connectivity index (χ1n) is 15.0. The van der Waals surface area contributed by atoms with E-state index >= 15 is 0 Å². The van der Waals surface area contributed by atoms with Crippen LogP contribution in [0, 0.1) is 6.92 Å². The first kappa shape index (κ1) is 33.3. The zero-order valence-electron chi connectivity index (χ0n) is 26.2. The summed E-state index contributed by atoms with van der Waals surface area (Å²) in [4.78, 5) is 30.0. The van der Waals surface area contributed by atoms with Crippen LogP contribution >= 0.6 is 0 Å². The van der Waals surface area contributed by atoms with Crippen molar-refractivity contribution in [3.63, 3.8) is 0 Å². The molecule has 9 heteroatoms. The van der Waals surface area contributed by atoms with E-state index in [4.69, 9.17) is 4.74 Å². The van der Waals surface area contributed by atoms with Gasteiger partial charge in [-0.2, -0.15) is 0 Å². The van der Waals surface area contributed by atoms with Gasteiger partial charge < -0.3 is 15.0 Å². The normalized spacial score (nSPS) is 12.5. The number of amides is 2. The summed E-state index contributed by atoms with van der Waals surface area (Å²) in [6.07, 6.45) is 0.966. The van der Waals surface area contributed by atoms with Crippen LogP contribution in [-0.4, -0.2) is 50.9 Å². The molecule has 0 aliphatic heterocycles. The molecule has 0 aromatic heterocycles. The molecule has 0 saturated heterocycles. The summed E-state index contributed by atoms with van der Waals surface area (Å²) in [5.41, 5.74) is 2.72. The largest absolute Gasteiger partial charge is 0.495 e. The standard InChI is InChI=1S/C36H41N3O5S/c1-5-28(3)37-36(41)33(24-29-15-9-6-10-16-29)38(25-30-17-11-7-12-18-30)35(40)26-39(32-23-27(2)21-22-34(32)44-4)45(42,43)31-19-13-8-14-20-31/h6-23,28,33H,5,24-26H2,1-4H3,(H,37,41)/t28-,33+/m0/s1. The molecule has 0 fully saturated rings. The molecule has 45 heavy (non-hydrogen) atoms. The van der Waals surface area contributed by atoms with E-state index in [0.717, 1.165) is 21.0 Å². The molecule has 2 amide bonds. The second kappa shape index (κ2) is 15.4. The van der Waals surface area contributed by atoms with Gasteiger partial charge in [-0.3, -0.25) is 13.9 Å². The molecule has 0 aliphatic carbocycles. The molecule has 236 valence electrons. The van der Waals surface area contributed by atoms with Gasteiger partial charge in [0.1, 0.15) is 18.3 Å². The van der Waals surface area contributed by atoms with E-state index in [1.807, 2.05) is 87.5 Å². The summed E-state index contributed by atoms with van der Waals surface area (Å²) in [6.45, 7) is 5.29. The molecule has 1 N–H and O–H groups in total. The topological polar surface area (TPSA) is 96.0 Å². The van der Waals surface area contributed by atoms with Crippen molar-refractivity contribution in [3.05, 3.63) is 126 Å². The summed E-state index contributed by atoms with van der Waals surface area (Å²) in [7, 11) is -2.77. The minimum Gasteiger partial charge on any atom is -0.495 e. The maximum absolute atomic E-state index is 14.6. The Morgan fingerprint density at radius 2 is 1.42 bits per heavy atom. The predicted octanol–water partition coefficient (Wildman–Crippen LogP) is 5.75. The molecular weight excluding hydrogens is 586 g/mol. The average Bonchev–Trinajstić information content (AvgIpc) is 3.06. The first-order valence-corrected chi connectivity index (χ1v) is 16.5. The van der Waals surface area contributed by atoms with Gasteiger partial charge in [0.15, 0.2) is 0 Å². The minimum absolute atomic E-state index is 0.0336. The van der Waals surface area contributed by atoms with Gasteiger partial charge in [0.25, 0.3) is 10.0 Å². The number of aryl methyl sites for hydroxylation is 1. The third kappa shape index (κ3) is 8.51. The third-order valence-corrected chi connectivity index (χ3v) is 9.45. The summed E-state index contributed by atoms with van der Waals surface area (Å²) >= 11 is 0. The second-order valence-corrected chi connectivity index (χ2v) is 12.9. The SMILES string of the molecule is CC[C@H](C)NC(=O)[C@@H](Cc1ccccc1)N(Cc1ccccc1)C(=O)CN(c1cc(C)ccc1OC)S(=O)(=O)c1ccccc1. The maximum atomic E-state index is 14.6. The molecule has 2 atom stereocenters. The Kier molecular flexibility index (Phi) is 11.4. The van der Waals surface area contributed by atoms with E-state index in [9.17, 15) is 18.0 Å². The Labute approximate surface area is 266 Å². The lowest BCUT2D eigenvalue weighted by Gasteiger charge is -2.34. The number of rotatable bonds is 14. The van der Waals surface area contributed by atoms with E-state index in [2.05, 4.69) is 5.32 Å². The molecule has 8 nitrogen and oxygen atoms in total. The number of carbonyl (C=O) groups excluding carboxylic acids is 2. The molecule has 0 saturated carbocycles. The monoisotopic (exact) mass is 627 g/mol. The van der Waals surface area contributed by atoms with Crippen LogP contribution in [0.1, 0.15) is 37.0 Å². The van der Waals surface area contributed by atoms with Crippen LogP contribution in [0.25, 0.3) is 0 Å². The molecule has 0 bridgehead atoms. The molecule has 0 spiro atoms. The van der Waals surface area contributed by atoms with Gasteiger partial charge in [-0.1, -0.05) is 91.9 Å². The lowest BCUT2D eigenvalue weighted by Crippen LogP contribution is -2.54. The Hall–Kier alpha value is -4.63. The molecule has 0 radical (unpaired) electrons. The third-order valence-electron chi connectivity index (χ3n) is 7.68. The zero-order valence-corrected chi connectivity index (χ0v) is 27.0. The van der Waals surface area contributed by atoms with Crippen LogP contribution in [0.15, 0.2) is 114 Å². The number of hydrogen-bond donors (Lipinski definition) is 1. The number of methoxy groups -OCH3 is 1. The lowest BCUT2D eigenvalue weighted by atomic mass is 10.0. The van der Waals surface area contributed by atoms with Crippen molar-refractivity contribution in [2.45, 2.75) is 57.1 Å². The van der Waals surface area contributed by atoms with Gasteiger partial charge in [0, 0.05) is 19.0 Å². The second-order valence-electron chi connectivity index (χ2n) is 11.0. The zero-order chi connectivity index (χ0) is 32.4. The average molecular weight is 628 g/mol. The lowest BCUT2D eigenvalue weighted by molar-refractivity contribution is -0.140. The van der Waals surface area contributed by atoms with E-state index in [0.29, 0.717) is 12.2 Å². The fourth-order valence-corrected chi connectivity index (χ4v) is 6.44. The molecule has 0 heterocycles. The maximum Gasteiger partial charge on any atom is 0.264 e. The fraction of sp³-hybridized carbons (Fsp3) is 0.278. The Morgan fingerprint density at radius 3 is 2.00 bits per heavy atom. The number of sulfonamides is 1. The quantitative estimate of drug-likeness (QED) is 0.192. The summed E-state index contributed by atoms with van der Waals surface area (Å²) in [5.74, 6) is -0.525. The van der Waals surface area contributed by atoms with E-state index in [-0.39, 0.29) is 35.5 Å². The van der Waals surface area contributed by atoms with Crippen LogP contribution < -0.4 is 14.4 Å². The van der Waals surface area contributed by atoms with E-state index < -0.39 is 28.5 Å². The van der Waals surface area contributed by atoms with E-state index in [1.54, 1.807) is 30.3 Å². The van der Waals surface area contributed by atoms with E-state index in [1.165, 1.54) is 24.1 Å². The van der Waals surface area contributed by atoms with Crippen molar-refractivity contribution in [2.75, 3.05) is 18.0 Å². The van der Waals surface area contributed by atoms with Crippen molar-refractivity contribution < 1.29 is 22.7 Å². The minimum atomic E-state index is -4.23. The molecule has 0 aliphatic rings. The highest BCUT2D eigenvalue weighted by Gasteiger charge is 2.35. The summed E-state index contributed by atoms with van der Waals surface area (Å²) < 4.78 is 35.1. The highest BCUT2D eigenvalue weighted by atomic mass is 32.2. The first-order chi connectivity index (χ1) is 21.6. The molecule has 4 aromatic rings. The Balaban J connectivity index is 1.83. The number of carbonyl (C=O) groups is 2. The number of nitrogens with one attached hydrogen (secondary N) is 1. The highest BCUT2D eigenvalue weighted by Crippen LogP contribution is 2.34. The fourth-order valence-electron chi connectivity index (χ4n) is 5.00. The highest BCUT2D eigenvalue weighted by molar-refractivity contribution is 7.92. The molecular formula is C36H41N3O5S. The van der Waals surface area contributed by atoms with Crippen molar-refractivity contribution in [2.24, 2.45) is 0 Å². The number of ether oxygens (including phenoxy) is 1. The smallest absolute Gasteiger partial charge is 0.264 e. The number of anilines is 1. The summed E-state index contributed by atoms with van der Waals surface area (Å²) in [5, 5.41) is 3.05. The van der Waals surface area contributed by atoms with Crippen LogP contribution in [0.2, 0.25) is 0 Å². The predicted molar refractivity (Wildman–Crippen MR) is 178 cm³/mol. The summed E-state index contributed by atoms with van der Waals surface area (Å²) in [6, 6.07) is 31.0. The Bertz CT molecular complexity index is 1670. The van der Waals surface area contributed by atoms with Crippen molar-refractivity contribution in [3.8, 4) is 5.75 Å². The molecule has 4 rings (SSSR count). The van der Waals surface area contributed by atoms with Crippen LogP contribution in [0.3, 0.4) is 0 Å². The Morgan fingerprint density at radius 1 is 0.844 bits per heavy atom. The number of hydrogen-bond acceptors (Lipinski definition) is 5. The van der Waals surface area contributed by atoms with Crippen molar-refractivity contribution in [1.82, 2.24) is 10.2 Å². The van der Waals surface area contributed by atoms with Crippen molar-refractivity contribution in [1.29, 1.82) is 0 Å².